The van der Waals surface area contributed by atoms with Crippen LogP contribution in [0, 0.1) is 24.0 Å². The van der Waals surface area contributed by atoms with Gasteiger partial charge in [0.1, 0.15) is 27.8 Å². The van der Waals surface area contributed by atoms with Gasteiger partial charge in [0.05, 0.1) is 33.8 Å². The van der Waals surface area contributed by atoms with Crippen LogP contribution in [-0.4, -0.2) is 50.4 Å². The number of hydrogen-bond donors (Lipinski definition) is 0. The quantitative estimate of drug-likeness (QED) is 0.348. The first-order valence-corrected chi connectivity index (χ1v) is 14.9. The highest BCUT2D eigenvalue weighted by Gasteiger charge is 2.65. The molecule has 2 atom stereocenters. The van der Waals surface area contributed by atoms with Crippen molar-refractivity contribution in [1.82, 2.24) is 29.9 Å². The van der Waals surface area contributed by atoms with E-state index in [2.05, 4.69) is 40.2 Å². The molecule has 0 aliphatic heterocycles. The maximum absolute atomic E-state index is 14.6. The molecule has 0 unspecified atom stereocenters. The van der Waals surface area contributed by atoms with Crippen LogP contribution in [0.15, 0.2) is 42.7 Å². The summed E-state index contributed by atoms with van der Waals surface area (Å²) in [6.45, 7) is 6.37. The van der Waals surface area contributed by atoms with E-state index in [0.717, 1.165) is 35.4 Å². The minimum atomic E-state index is -3.14. The fourth-order valence-electron chi connectivity index (χ4n) is 6.54. The fraction of sp³-hybridized carbons (Fsp3) is 0.393. The number of fused-ring (bicyclic) bond motifs is 5. The average Bonchev–Trinajstić information content (AvgIpc) is 3.50. The molecule has 0 N–H and O–H groups in total. The molecule has 3 aromatic heterocycles. The number of sulfone groups is 1. The van der Waals surface area contributed by atoms with E-state index in [0.29, 0.717) is 11.6 Å². The Bertz CT molecular complexity index is 1720. The predicted octanol–water partition coefficient (Wildman–Crippen LogP) is 4.50. The second-order valence-corrected chi connectivity index (χ2v) is 13.5. The first kappa shape index (κ1) is 25.7. The third-order valence-corrected chi connectivity index (χ3v) is 9.41. The first-order valence-electron chi connectivity index (χ1n) is 12.8. The molecule has 4 aromatic rings. The normalized spacial score (nSPS) is 21.3. The van der Waals surface area contributed by atoms with Gasteiger partial charge >= 0.3 is 0 Å². The Morgan fingerprint density at radius 3 is 2.56 bits per heavy atom. The highest BCUT2D eigenvalue weighted by Crippen LogP contribution is 2.69. The van der Waals surface area contributed by atoms with Gasteiger partial charge in [-0.3, -0.25) is 0 Å². The average molecular weight is 551 g/mol. The largest absolute Gasteiger partial charge is 0.233 e. The number of aromatic nitrogens is 6. The Hall–Kier alpha value is -3.60. The fourth-order valence-corrected chi connectivity index (χ4v) is 7.09. The third kappa shape index (κ3) is 3.97. The van der Waals surface area contributed by atoms with Crippen molar-refractivity contribution < 1.29 is 17.2 Å². The highest BCUT2D eigenvalue weighted by atomic mass is 32.2. The first-order chi connectivity index (χ1) is 18.4. The molecule has 0 saturated heterocycles. The monoisotopic (exact) mass is 550 g/mol. The summed E-state index contributed by atoms with van der Waals surface area (Å²) in [5.41, 5.74) is 2.73. The van der Waals surface area contributed by atoms with Crippen molar-refractivity contribution in [2.75, 3.05) is 12.0 Å². The molecule has 8 nitrogen and oxygen atoms in total. The van der Waals surface area contributed by atoms with Crippen molar-refractivity contribution in [2.45, 2.75) is 51.4 Å². The molecule has 1 saturated carbocycles. The van der Waals surface area contributed by atoms with Crippen molar-refractivity contribution in [3.63, 3.8) is 0 Å². The molecule has 3 heterocycles. The van der Waals surface area contributed by atoms with Gasteiger partial charge in [-0.2, -0.15) is 5.10 Å². The zero-order valence-corrected chi connectivity index (χ0v) is 22.9. The van der Waals surface area contributed by atoms with Crippen LogP contribution in [0.5, 0.6) is 0 Å². The van der Waals surface area contributed by atoms with Crippen LogP contribution in [0.4, 0.5) is 8.78 Å². The number of nitrogens with zero attached hydrogens (tertiary/aromatic N) is 6. The molecule has 1 aromatic carbocycles. The molecule has 0 spiro atoms. The van der Waals surface area contributed by atoms with Gasteiger partial charge in [0.25, 0.3) is 0 Å². The van der Waals surface area contributed by atoms with E-state index in [-0.39, 0.29) is 34.8 Å². The van der Waals surface area contributed by atoms with E-state index in [4.69, 9.17) is 4.98 Å². The SMILES string of the molecule is Cc1cc(-n2cnc(CCS(C)(=O)=O)n2)nc([C@@]23CC[C@@H](c4cc(-c5c(F)cccc5F)nnc42)C3(C)C)c1. The lowest BCUT2D eigenvalue weighted by Crippen LogP contribution is -2.38. The smallest absolute Gasteiger partial charge is 0.155 e. The summed E-state index contributed by atoms with van der Waals surface area (Å²) in [7, 11) is -3.14. The summed E-state index contributed by atoms with van der Waals surface area (Å²) in [6, 6.07) is 9.52. The Balaban J connectivity index is 1.44. The number of pyridine rings is 1. The lowest BCUT2D eigenvalue weighted by molar-refractivity contribution is 0.242. The van der Waals surface area contributed by atoms with Crippen molar-refractivity contribution in [2.24, 2.45) is 5.41 Å². The Morgan fingerprint density at radius 2 is 1.85 bits per heavy atom. The number of halogens is 2. The number of hydrogen-bond acceptors (Lipinski definition) is 7. The van der Waals surface area contributed by atoms with Gasteiger partial charge in [-0.1, -0.05) is 19.9 Å². The van der Waals surface area contributed by atoms with E-state index in [1.54, 1.807) is 17.1 Å². The summed E-state index contributed by atoms with van der Waals surface area (Å²) in [6.07, 6.45) is 4.64. The second-order valence-electron chi connectivity index (χ2n) is 11.2. The molecule has 2 aliphatic carbocycles. The number of benzene rings is 1. The number of aryl methyl sites for hydroxylation is 2. The number of rotatable bonds is 6. The zero-order chi connectivity index (χ0) is 27.7. The van der Waals surface area contributed by atoms with Crippen LogP contribution in [-0.2, 0) is 21.7 Å². The van der Waals surface area contributed by atoms with Gasteiger partial charge in [-0.05, 0) is 72.6 Å². The molecule has 1 fully saturated rings. The highest BCUT2D eigenvalue weighted by molar-refractivity contribution is 7.90. The minimum absolute atomic E-state index is 0.0313. The lowest BCUT2D eigenvalue weighted by atomic mass is 9.66. The summed E-state index contributed by atoms with van der Waals surface area (Å²) >= 11 is 0. The Kier molecular flexibility index (Phi) is 5.73. The van der Waals surface area contributed by atoms with Crippen molar-refractivity contribution >= 4 is 9.84 Å². The maximum atomic E-state index is 14.6. The van der Waals surface area contributed by atoms with E-state index in [1.807, 2.05) is 13.0 Å². The van der Waals surface area contributed by atoms with Crippen LogP contribution in [0.25, 0.3) is 17.1 Å². The van der Waals surface area contributed by atoms with Gasteiger partial charge in [-0.25, -0.2) is 31.8 Å². The van der Waals surface area contributed by atoms with Crippen LogP contribution in [0.2, 0.25) is 0 Å². The standard InChI is InChI=1S/C28H28F2N6O2S/c1-16-12-22(32-24(13-16)36-15-31-23(35-36)9-11-39(4,37)38)28-10-8-18(27(28,2)3)17-14-21(33-34-26(17)28)25-19(29)6-5-7-20(25)30/h5-7,12-15,18H,8-11H2,1-4H3/t18-,28-/m0/s1. The molecule has 2 bridgehead atoms. The summed E-state index contributed by atoms with van der Waals surface area (Å²) < 4.78 is 53.8. The van der Waals surface area contributed by atoms with Gasteiger partial charge in [0.2, 0.25) is 0 Å². The second kappa shape index (κ2) is 8.70. The summed E-state index contributed by atoms with van der Waals surface area (Å²) in [5, 5.41) is 13.4. The van der Waals surface area contributed by atoms with Gasteiger partial charge in [-0.15, -0.1) is 10.2 Å². The summed E-state index contributed by atoms with van der Waals surface area (Å²) in [4.78, 5) is 9.31. The molecule has 0 radical (unpaired) electrons. The van der Waals surface area contributed by atoms with Crippen LogP contribution in [0.3, 0.4) is 0 Å². The lowest BCUT2D eigenvalue weighted by Gasteiger charge is -2.37. The van der Waals surface area contributed by atoms with Crippen molar-refractivity contribution in [3.8, 4) is 17.1 Å². The zero-order valence-electron chi connectivity index (χ0n) is 22.1. The van der Waals surface area contributed by atoms with Gasteiger partial charge in [0.15, 0.2) is 11.6 Å². The van der Waals surface area contributed by atoms with Crippen LogP contribution in [0.1, 0.15) is 60.9 Å². The molecule has 0 amide bonds. The molecule has 11 heteroatoms. The summed E-state index contributed by atoms with van der Waals surface area (Å²) in [5.74, 6) is -0.254. The van der Waals surface area contributed by atoms with Crippen molar-refractivity contribution in [3.05, 3.63) is 82.7 Å². The Labute approximate surface area is 225 Å². The van der Waals surface area contributed by atoms with E-state index >= 15 is 0 Å². The van der Waals surface area contributed by atoms with E-state index in [9.17, 15) is 17.2 Å². The maximum Gasteiger partial charge on any atom is 0.155 e. The van der Waals surface area contributed by atoms with E-state index in [1.165, 1.54) is 24.5 Å². The van der Waals surface area contributed by atoms with Gasteiger partial charge < -0.3 is 0 Å². The minimum Gasteiger partial charge on any atom is -0.233 e. The Morgan fingerprint density at radius 1 is 1.10 bits per heavy atom. The van der Waals surface area contributed by atoms with Gasteiger partial charge in [0, 0.05) is 12.7 Å². The van der Waals surface area contributed by atoms with E-state index < -0.39 is 26.9 Å². The third-order valence-electron chi connectivity index (χ3n) is 8.46. The molecule has 202 valence electrons. The van der Waals surface area contributed by atoms with Crippen LogP contribution >= 0.6 is 0 Å². The molecule has 6 rings (SSSR count). The molecular weight excluding hydrogens is 522 g/mol. The topological polar surface area (TPSA) is 104 Å². The molecular formula is C28H28F2N6O2S. The molecule has 2 aliphatic rings. The van der Waals surface area contributed by atoms with Crippen molar-refractivity contribution in [1.29, 1.82) is 0 Å². The van der Waals surface area contributed by atoms with Crippen LogP contribution < -0.4 is 0 Å². The molecule has 39 heavy (non-hydrogen) atoms. The predicted molar refractivity (Wildman–Crippen MR) is 141 cm³/mol.